The van der Waals surface area contributed by atoms with Gasteiger partial charge in [-0.1, -0.05) is 6.07 Å². The number of rotatable bonds is 6. The number of morpholine rings is 1. The monoisotopic (exact) mass is 347 g/mol. The molecular formula is C17H25N5O3. The van der Waals surface area contributed by atoms with Crippen molar-refractivity contribution >= 4 is 17.1 Å². The number of aromatic nitrogens is 2. The molecule has 1 aliphatic rings. The van der Waals surface area contributed by atoms with Crippen molar-refractivity contribution in [1.82, 2.24) is 25.4 Å². The van der Waals surface area contributed by atoms with Crippen LogP contribution in [0.2, 0.25) is 0 Å². The van der Waals surface area contributed by atoms with Crippen LogP contribution in [0.5, 0.6) is 0 Å². The molecule has 1 N–H and O–H groups in total. The molecule has 2 heterocycles. The van der Waals surface area contributed by atoms with Gasteiger partial charge in [0.2, 0.25) is 0 Å². The third kappa shape index (κ3) is 4.90. The molecule has 1 aromatic carbocycles. The minimum atomic E-state index is -0.0761. The molecule has 0 unspecified atom stereocenters. The predicted molar refractivity (Wildman–Crippen MR) is 93.1 cm³/mol. The van der Waals surface area contributed by atoms with Crippen molar-refractivity contribution in [3.8, 4) is 0 Å². The molecule has 0 bridgehead atoms. The van der Waals surface area contributed by atoms with Crippen LogP contribution in [0, 0.1) is 0 Å². The van der Waals surface area contributed by atoms with E-state index in [1.165, 1.54) is 0 Å². The van der Waals surface area contributed by atoms with Gasteiger partial charge in [-0.05, 0) is 41.4 Å². The number of carbonyl (C=O) groups is 1. The third-order valence-corrected chi connectivity index (χ3v) is 4.44. The van der Waals surface area contributed by atoms with Crippen LogP contribution in [0.1, 0.15) is 18.9 Å². The normalized spacial score (nSPS) is 16.7. The number of fused-ring (bicyclic) bond motifs is 1. The van der Waals surface area contributed by atoms with Crippen LogP contribution in [0.3, 0.4) is 0 Å². The zero-order valence-electron chi connectivity index (χ0n) is 14.8. The number of urea groups is 1. The molecule has 0 radical (unpaired) electrons. The number of benzene rings is 1. The number of ether oxygens (including phenoxy) is 1. The summed E-state index contributed by atoms with van der Waals surface area (Å²) in [6, 6.07) is 5.71. The van der Waals surface area contributed by atoms with Crippen molar-refractivity contribution in [1.29, 1.82) is 0 Å². The molecule has 0 saturated carbocycles. The Morgan fingerprint density at radius 3 is 2.88 bits per heavy atom. The van der Waals surface area contributed by atoms with E-state index in [1.54, 1.807) is 11.9 Å². The van der Waals surface area contributed by atoms with E-state index in [-0.39, 0.29) is 12.1 Å². The predicted octanol–water partition coefficient (Wildman–Crippen LogP) is 1.47. The summed E-state index contributed by atoms with van der Waals surface area (Å²) in [4.78, 5) is 16.4. The Morgan fingerprint density at radius 1 is 1.32 bits per heavy atom. The number of amides is 2. The number of carbonyl (C=O) groups excluding carboxylic acids is 1. The van der Waals surface area contributed by atoms with Crippen LogP contribution >= 0.6 is 0 Å². The van der Waals surface area contributed by atoms with Crippen LogP contribution < -0.4 is 5.32 Å². The summed E-state index contributed by atoms with van der Waals surface area (Å²) in [6.45, 7) is 7.07. The van der Waals surface area contributed by atoms with E-state index in [9.17, 15) is 4.79 Å². The van der Waals surface area contributed by atoms with E-state index in [0.717, 1.165) is 44.8 Å². The average molecular weight is 347 g/mol. The molecule has 0 aliphatic carbocycles. The second-order valence-corrected chi connectivity index (χ2v) is 6.54. The number of nitrogens with zero attached hydrogens (tertiary/aromatic N) is 4. The third-order valence-electron chi connectivity index (χ3n) is 4.44. The highest BCUT2D eigenvalue weighted by molar-refractivity contribution is 5.75. The lowest BCUT2D eigenvalue weighted by molar-refractivity contribution is 0.0364. The first-order valence-corrected chi connectivity index (χ1v) is 8.65. The summed E-state index contributed by atoms with van der Waals surface area (Å²) in [7, 11) is 1.79. The summed E-state index contributed by atoms with van der Waals surface area (Å²) in [5, 5.41) is 10.7. The van der Waals surface area contributed by atoms with Gasteiger partial charge in [0.1, 0.15) is 11.0 Å². The Balaban J connectivity index is 1.44. The van der Waals surface area contributed by atoms with Crippen molar-refractivity contribution < 1.29 is 14.2 Å². The van der Waals surface area contributed by atoms with Gasteiger partial charge in [0.05, 0.1) is 13.2 Å². The number of hydrogen-bond acceptors (Lipinski definition) is 6. The molecule has 2 amide bonds. The second kappa shape index (κ2) is 8.26. The smallest absolute Gasteiger partial charge is 0.317 e. The van der Waals surface area contributed by atoms with E-state index in [1.807, 2.05) is 25.1 Å². The van der Waals surface area contributed by atoms with E-state index in [2.05, 4.69) is 20.5 Å². The zero-order valence-corrected chi connectivity index (χ0v) is 14.8. The van der Waals surface area contributed by atoms with Crippen molar-refractivity contribution in [2.45, 2.75) is 25.9 Å². The maximum atomic E-state index is 12.4. The number of nitrogens with one attached hydrogen (secondary N) is 1. The van der Waals surface area contributed by atoms with E-state index in [0.29, 0.717) is 17.6 Å². The van der Waals surface area contributed by atoms with Crippen molar-refractivity contribution in [2.75, 3.05) is 39.9 Å². The van der Waals surface area contributed by atoms with Crippen LogP contribution in [0.25, 0.3) is 11.0 Å². The molecule has 8 nitrogen and oxygen atoms in total. The van der Waals surface area contributed by atoms with Crippen LogP contribution in [-0.4, -0.2) is 72.1 Å². The summed E-state index contributed by atoms with van der Waals surface area (Å²) >= 11 is 0. The first-order valence-electron chi connectivity index (χ1n) is 8.65. The Bertz CT molecular complexity index is 698. The van der Waals surface area contributed by atoms with Crippen LogP contribution in [0.15, 0.2) is 22.8 Å². The Hall–Kier alpha value is -2.19. The van der Waals surface area contributed by atoms with Crippen LogP contribution in [-0.2, 0) is 11.3 Å². The lowest BCUT2D eigenvalue weighted by atomic mass is 10.2. The van der Waals surface area contributed by atoms with Gasteiger partial charge >= 0.3 is 6.03 Å². The van der Waals surface area contributed by atoms with Crippen LogP contribution in [0.4, 0.5) is 4.79 Å². The first kappa shape index (κ1) is 17.6. The molecule has 8 heteroatoms. The molecule has 3 rings (SSSR count). The highest BCUT2D eigenvalue weighted by atomic mass is 16.6. The summed E-state index contributed by atoms with van der Waals surface area (Å²) in [5.41, 5.74) is 2.40. The second-order valence-electron chi connectivity index (χ2n) is 6.54. The molecule has 1 atom stereocenters. The quantitative estimate of drug-likeness (QED) is 0.852. The van der Waals surface area contributed by atoms with E-state index >= 15 is 0 Å². The molecule has 25 heavy (non-hydrogen) atoms. The molecule has 2 aromatic rings. The first-order chi connectivity index (χ1) is 12.1. The maximum Gasteiger partial charge on any atom is 0.317 e. The molecule has 0 spiro atoms. The SMILES string of the molecule is C[C@H](CCN1CCOCC1)NC(=O)N(C)Cc1ccc2nonc2c1. The molecule has 1 aromatic heterocycles. The highest BCUT2D eigenvalue weighted by Crippen LogP contribution is 2.13. The number of hydrogen-bond donors (Lipinski definition) is 1. The minimum Gasteiger partial charge on any atom is -0.379 e. The molecule has 136 valence electrons. The van der Waals surface area contributed by atoms with Gasteiger partial charge in [-0.3, -0.25) is 4.90 Å². The van der Waals surface area contributed by atoms with Gasteiger partial charge in [-0.15, -0.1) is 0 Å². The zero-order chi connectivity index (χ0) is 17.6. The Labute approximate surface area is 147 Å². The average Bonchev–Trinajstić information content (AvgIpc) is 3.08. The Kier molecular flexibility index (Phi) is 5.83. The van der Waals surface area contributed by atoms with Crippen molar-refractivity contribution in [3.63, 3.8) is 0 Å². The lowest BCUT2D eigenvalue weighted by Gasteiger charge is -2.28. The molecule has 1 fully saturated rings. The molecule has 1 saturated heterocycles. The largest absolute Gasteiger partial charge is 0.379 e. The fraction of sp³-hybridized carbons (Fsp3) is 0.588. The summed E-state index contributed by atoms with van der Waals surface area (Å²) in [5.74, 6) is 0. The lowest BCUT2D eigenvalue weighted by Crippen LogP contribution is -2.44. The van der Waals surface area contributed by atoms with Gasteiger partial charge in [-0.2, -0.15) is 0 Å². The van der Waals surface area contributed by atoms with Crippen molar-refractivity contribution in [3.05, 3.63) is 23.8 Å². The highest BCUT2D eigenvalue weighted by Gasteiger charge is 2.15. The maximum absolute atomic E-state index is 12.4. The summed E-state index contributed by atoms with van der Waals surface area (Å²) < 4.78 is 10.0. The fourth-order valence-corrected chi connectivity index (χ4v) is 2.87. The molecular weight excluding hydrogens is 322 g/mol. The van der Waals surface area contributed by atoms with Gasteiger partial charge in [0.25, 0.3) is 0 Å². The summed E-state index contributed by atoms with van der Waals surface area (Å²) in [6.07, 6.45) is 0.927. The van der Waals surface area contributed by atoms with E-state index in [4.69, 9.17) is 9.37 Å². The molecule has 1 aliphatic heterocycles. The van der Waals surface area contributed by atoms with Gasteiger partial charge < -0.3 is 15.0 Å². The topological polar surface area (TPSA) is 83.7 Å². The standard InChI is InChI=1S/C17H25N5O3/c1-13(5-6-22-7-9-24-10-8-22)18-17(23)21(2)12-14-3-4-15-16(11-14)20-25-19-15/h3-4,11,13H,5-10,12H2,1-2H3,(H,18,23)/t13-/m1/s1. The van der Waals surface area contributed by atoms with E-state index < -0.39 is 0 Å². The van der Waals surface area contributed by atoms with Gasteiger partial charge in [0, 0.05) is 39.3 Å². The fourth-order valence-electron chi connectivity index (χ4n) is 2.87. The Morgan fingerprint density at radius 2 is 2.08 bits per heavy atom. The van der Waals surface area contributed by atoms with Gasteiger partial charge in [-0.25, -0.2) is 9.42 Å². The van der Waals surface area contributed by atoms with Crippen molar-refractivity contribution in [2.24, 2.45) is 0 Å². The minimum absolute atomic E-state index is 0.0761. The van der Waals surface area contributed by atoms with Gasteiger partial charge in [0.15, 0.2) is 0 Å².